The predicted octanol–water partition coefficient (Wildman–Crippen LogP) is 2.06. The van der Waals surface area contributed by atoms with Gasteiger partial charge in [0.2, 0.25) is 0 Å². The van der Waals surface area contributed by atoms with Crippen molar-refractivity contribution < 1.29 is 9.72 Å². The summed E-state index contributed by atoms with van der Waals surface area (Å²) < 4.78 is 0. The van der Waals surface area contributed by atoms with E-state index >= 15 is 0 Å². The van der Waals surface area contributed by atoms with Gasteiger partial charge < -0.3 is 9.80 Å². The number of hydrogen-bond acceptors (Lipinski definition) is 6. The van der Waals surface area contributed by atoms with Crippen LogP contribution in [-0.2, 0) is 0 Å². The quantitative estimate of drug-likeness (QED) is 0.618. The number of non-ortho nitro benzene ring substituents is 1. The van der Waals surface area contributed by atoms with Crippen LogP contribution in [0, 0.1) is 24.0 Å². The first kappa shape index (κ1) is 17.9. The highest BCUT2D eigenvalue weighted by atomic mass is 16.6. The molecule has 2 aromatic rings. The van der Waals surface area contributed by atoms with Gasteiger partial charge in [-0.3, -0.25) is 14.9 Å². The molecule has 0 radical (unpaired) electrons. The molecule has 1 aromatic carbocycles. The van der Waals surface area contributed by atoms with E-state index in [0.29, 0.717) is 41.4 Å². The molecule has 0 bridgehead atoms. The van der Waals surface area contributed by atoms with E-state index in [1.165, 1.54) is 12.1 Å². The van der Waals surface area contributed by atoms with Crippen LogP contribution in [0.2, 0.25) is 0 Å². The van der Waals surface area contributed by atoms with Gasteiger partial charge in [-0.1, -0.05) is 12.1 Å². The SMILES string of the molecule is Cc1nc(C)c(C(=O)N2CCN(C)CC2)c(-c2cccc([N+](=O)[O-])c2)n1. The van der Waals surface area contributed by atoms with Crippen molar-refractivity contribution in [1.82, 2.24) is 19.8 Å². The number of nitrogens with zero attached hydrogens (tertiary/aromatic N) is 5. The molecule has 0 aliphatic carbocycles. The Morgan fingerprint density at radius 2 is 1.85 bits per heavy atom. The summed E-state index contributed by atoms with van der Waals surface area (Å²) in [6.45, 7) is 6.41. The number of carbonyl (C=O) groups is 1. The summed E-state index contributed by atoms with van der Waals surface area (Å²) in [6.07, 6.45) is 0. The largest absolute Gasteiger partial charge is 0.336 e. The highest BCUT2D eigenvalue weighted by Crippen LogP contribution is 2.28. The molecule has 0 atom stereocenters. The van der Waals surface area contributed by atoms with E-state index in [9.17, 15) is 14.9 Å². The predicted molar refractivity (Wildman–Crippen MR) is 97.0 cm³/mol. The second-order valence-corrected chi connectivity index (χ2v) is 6.48. The van der Waals surface area contributed by atoms with E-state index in [1.807, 2.05) is 7.05 Å². The van der Waals surface area contributed by atoms with Gasteiger partial charge in [0.1, 0.15) is 5.82 Å². The zero-order valence-corrected chi connectivity index (χ0v) is 15.1. The maximum Gasteiger partial charge on any atom is 0.270 e. The van der Waals surface area contributed by atoms with Crippen molar-refractivity contribution in [3.05, 3.63) is 51.5 Å². The van der Waals surface area contributed by atoms with Gasteiger partial charge in [0.15, 0.2) is 0 Å². The van der Waals surface area contributed by atoms with Crippen LogP contribution in [0.1, 0.15) is 21.9 Å². The number of likely N-dealkylation sites (N-methyl/N-ethyl adjacent to an activating group) is 1. The molecule has 8 nitrogen and oxygen atoms in total. The number of rotatable bonds is 3. The fraction of sp³-hybridized carbons (Fsp3) is 0.389. The molecule has 0 spiro atoms. The molecule has 1 aliphatic heterocycles. The smallest absolute Gasteiger partial charge is 0.270 e. The summed E-state index contributed by atoms with van der Waals surface area (Å²) in [5.41, 5.74) is 1.96. The van der Waals surface area contributed by atoms with Crippen LogP contribution >= 0.6 is 0 Å². The van der Waals surface area contributed by atoms with Crippen LogP contribution in [0.3, 0.4) is 0 Å². The summed E-state index contributed by atoms with van der Waals surface area (Å²) in [6, 6.07) is 6.20. The molecule has 1 fully saturated rings. The van der Waals surface area contributed by atoms with Crippen molar-refractivity contribution in [3.8, 4) is 11.3 Å². The number of hydrogen-bond donors (Lipinski definition) is 0. The average molecular weight is 355 g/mol. The number of aromatic nitrogens is 2. The molecule has 136 valence electrons. The maximum atomic E-state index is 13.1. The van der Waals surface area contributed by atoms with Crippen molar-refractivity contribution in [1.29, 1.82) is 0 Å². The van der Waals surface area contributed by atoms with Crippen LogP contribution in [0.15, 0.2) is 24.3 Å². The van der Waals surface area contributed by atoms with Gasteiger partial charge in [-0.25, -0.2) is 9.97 Å². The monoisotopic (exact) mass is 355 g/mol. The Morgan fingerprint density at radius 3 is 2.50 bits per heavy atom. The van der Waals surface area contributed by atoms with Crippen molar-refractivity contribution in [3.63, 3.8) is 0 Å². The molecule has 1 aromatic heterocycles. The minimum atomic E-state index is -0.452. The number of nitro benzene ring substituents is 1. The van der Waals surface area contributed by atoms with E-state index in [2.05, 4.69) is 14.9 Å². The third-order valence-corrected chi connectivity index (χ3v) is 4.54. The van der Waals surface area contributed by atoms with E-state index in [-0.39, 0.29) is 11.6 Å². The molecule has 26 heavy (non-hydrogen) atoms. The molecular weight excluding hydrogens is 334 g/mol. The second kappa shape index (κ2) is 7.17. The highest BCUT2D eigenvalue weighted by Gasteiger charge is 2.26. The Kier molecular flexibility index (Phi) is 4.94. The normalized spacial score (nSPS) is 15.1. The van der Waals surface area contributed by atoms with Crippen LogP contribution in [-0.4, -0.2) is 63.8 Å². The molecule has 8 heteroatoms. The molecule has 2 heterocycles. The standard InChI is InChI=1S/C18H21N5O3/c1-12-16(18(24)22-9-7-21(3)8-10-22)17(20-13(2)19-12)14-5-4-6-15(11-14)23(25)26/h4-6,11H,7-10H2,1-3H3. The molecular formula is C18H21N5O3. The van der Waals surface area contributed by atoms with Crippen molar-refractivity contribution in [2.75, 3.05) is 33.2 Å². The zero-order valence-electron chi connectivity index (χ0n) is 15.1. The van der Waals surface area contributed by atoms with Crippen molar-refractivity contribution in [2.24, 2.45) is 0 Å². The molecule has 0 N–H and O–H groups in total. The zero-order chi connectivity index (χ0) is 18.8. The third-order valence-electron chi connectivity index (χ3n) is 4.54. The van der Waals surface area contributed by atoms with Crippen LogP contribution < -0.4 is 0 Å². The summed E-state index contributed by atoms with van der Waals surface area (Å²) in [7, 11) is 2.02. The lowest BCUT2D eigenvalue weighted by Gasteiger charge is -2.33. The van der Waals surface area contributed by atoms with E-state index < -0.39 is 4.92 Å². The molecule has 3 rings (SSSR count). The van der Waals surface area contributed by atoms with E-state index in [4.69, 9.17) is 0 Å². The number of aryl methyl sites for hydroxylation is 2. The van der Waals surface area contributed by atoms with Crippen LogP contribution in [0.5, 0.6) is 0 Å². The minimum absolute atomic E-state index is 0.0329. The summed E-state index contributed by atoms with van der Waals surface area (Å²) >= 11 is 0. The number of amides is 1. The number of nitro groups is 1. The molecule has 0 unspecified atom stereocenters. The molecule has 0 saturated carbocycles. The lowest BCUT2D eigenvalue weighted by atomic mass is 10.0. The van der Waals surface area contributed by atoms with Gasteiger partial charge in [-0.2, -0.15) is 0 Å². The van der Waals surface area contributed by atoms with Gasteiger partial charge in [0, 0.05) is 43.9 Å². The third kappa shape index (κ3) is 3.55. The van der Waals surface area contributed by atoms with Gasteiger partial charge in [-0.15, -0.1) is 0 Å². The van der Waals surface area contributed by atoms with E-state index in [0.717, 1.165) is 13.1 Å². The van der Waals surface area contributed by atoms with Crippen molar-refractivity contribution >= 4 is 11.6 Å². The van der Waals surface area contributed by atoms with E-state index in [1.54, 1.807) is 30.9 Å². The molecule has 1 saturated heterocycles. The Hall–Kier alpha value is -2.87. The second-order valence-electron chi connectivity index (χ2n) is 6.48. The van der Waals surface area contributed by atoms with Gasteiger partial charge in [0.25, 0.3) is 11.6 Å². The Morgan fingerprint density at radius 1 is 1.15 bits per heavy atom. The number of benzene rings is 1. The Bertz CT molecular complexity index is 860. The average Bonchev–Trinajstić information content (AvgIpc) is 2.61. The van der Waals surface area contributed by atoms with Gasteiger partial charge >= 0.3 is 0 Å². The van der Waals surface area contributed by atoms with Gasteiger partial charge in [0.05, 0.1) is 21.9 Å². The molecule has 1 aliphatic rings. The summed E-state index contributed by atoms with van der Waals surface area (Å²) in [4.78, 5) is 36.6. The topological polar surface area (TPSA) is 92.5 Å². The number of piperazine rings is 1. The first-order chi connectivity index (χ1) is 12.4. The lowest BCUT2D eigenvalue weighted by molar-refractivity contribution is -0.384. The summed E-state index contributed by atoms with van der Waals surface area (Å²) in [5, 5.41) is 11.1. The maximum absolute atomic E-state index is 13.1. The first-order valence-corrected chi connectivity index (χ1v) is 8.44. The van der Waals surface area contributed by atoms with Crippen LogP contribution in [0.25, 0.3) is 11.3 Å². The summed E-state index contributed by atoms with van der Waals surface area (Å²) in [5.74, 6) is 0.399. The highest BCUT2D eigenvalue weighted by molar-refractivity contribution is 6.01. The minimum Gasteiger partial charge on any atom is -0.336 e. The van der Waals surface area contributed by atoms with Gasteiger partial charge in [-0.05, 0) is 20.9 Å². The Labute approximate surface area is 151 Å². The van der Waals surface area contributed by atoms with Crippen molar-refractivity contribution in [2.45, 2.75) is 13.8 Å². The first-order valence-electron chi connectivity index (χ1n) is 8.44. The Balaban J connectivity index is 2.07. The number of carbonyl (C=O) groups excluding carboxylic acids is 1. The fourth-order valence-electron chi connectivity index (χ4n) is 3.11. The van der Waals surface area contributed by atoms with Crippen LogP contribution in [0.4, 0.5) is 5.69 Å². The fourth-order valence-corrected chi connectivity index (χ4v) is 3.11. The lowest BCUT2D eigenvalue weighted by Crippen LogP contribution is -2.47. The molecule has 1 amide bonds.